The first-order valence-electron chi connectivity index (χ1n) is 6.46. The first kappa shape index (κ1) is 14.3. The molecule has 0 aliphatic heterocycles. The average Bonchev–Trinajstić information content (AvgIpc) is 2.90. The lowest BCUT2D eigenvalue weighted by molar-refractivity contribution is 0.401. The van der Waals surface area contributed by atoms with Gasteiger partial charge in [0.2, 0.25) is 10.0 Å². The lowest BCUT2D eigenvalue weighted by Gasteiger charge is -2.15. The highest BCUT2D eigenvalue weighted by Gasteiger charge is 2.25. The van der Waals surface area contributed by atoms with Gasteiger partial charge in [-0.25, -0.2) is 13.1 Å². The van der Waals surface area contributed by atoms with Gasteiger partial charge in [-0.2, -0.15) is 0 Å². The molecule has 5 nitrogen and oxygen atoms in total. The van der Waals surface area contributed by atoms with E-state index in [0.29, 0.717) is 12.3 Å². The molecule has 1 aliphatic carbocycles. The highest BCUT2D eigenvalue weighted by molar-refractivity contribution is 7.89. The Kier molecular flexibility index (Phi) is 4.44. The van der Waals surface area contributed by atoms with Gasteiger partial charge in [-0.05, 0) is 30.5 Å². The maximum atomic E-state index is 12.4. The molecule has 0 amide bonds. The molecule has 19 heavy (non-hydrogen) atoms. The summed E-state index contributed by atoms with van der Waals surface area (Å²) in [5.74, 6) is 0.350. The maximum Gasteiger partial charge on any atom is 0.244 e. The molecule has 0 saturated heterocycles. The van der Waals surface area contributed by atoms with Gasteiger partial charge >= 0.3 is 0 Å². The zero-order chi connectivity index (χ0) is 13.9. The third-order valence-electron chi connectivity index (χ3n) is 3.43. The second-order valence-electron chi connectivity index (χ2n) is 4.79. The summed E-state index contributed by atoms with van der Waals surface area (Å²) in [5, 5.41) is 0. The molecule has 0 aromatic heterocycles. The minimum Gasteiger partial charge on any atom is -0.495 e. The van der Waals surface area contributed by atoms with Crippen molar-refractivity contribution in [1.82, 2.24) is 4.72 Å². The number of hydrogen-bond donors (Lipinski definition) is 2. The van der Waals surface area contributed by atoms with E-state index in [1.54, 1.807) is 18.2 Å². The molecule has 106 valence electrons. The third-order valence-corrected chi connectivity index (χ3v) is 4.97. The molecule has 0 bridgehead atoms. The van der Waals surface area contributed by atoms with Crippen LogP contribution < -0.4 is 15.2 Å². The van der Waals surface area contributed by atoms with E-state index < -0.39 is 10.0 Å². The zero-order valence-electron chi connectivity index (χ0n) is 11.1. The fourth-order valence-electron chi connectivity index (χ4n) is 2.38. The van der Waals surface area contributed by atoms with Crippen LogP contribution in [0.4, 0.5) is 0 Å². The van der Waals surface area contributed by atoms with Gasteiger partial charge in [0.05, 0.1) is 7.11 Å². The Labute approximate surface area is 114 Å². The summed E-state index contributed by atoms with van der Waals surface area (Å²) in [4.78, 5) is 0.171. The van der Waals surface area contributed by atoms with Crippen molar-refractivity contribution in [2.45, 2.75) is 43.2 Å². The monoisotopic (exact) mass is 284 g/mol. The molecule has 1 saturated carbocycles. The molecule has 0 atom stereocenters. The van der Waals surface area contributed by atoms with Crippen LogP contribution in [0.25, 0.3) is 0 Å². The fourth-order valence-corrected chi connectivity index (χ4v) is 3.91. The molecule has 0 unspecified atom stereocenters. The molecule has 1 aliphatic rings. The highest BCUT2D eigenvalue weighted by atomic mass is 32.2. The normalized spacial score (nSPS) is 16.7. The van der Waals surface area contributed by atoms with E-state index in [-0.39, 0.29) is 10.9 Å². The number of nitrogens with one attached hydrogen (secondary N) is 1. The summed E-state index contributed by atoms with van der Waals surface area (Å²) < 4.78 is 32.7. The van der Waals surface area contributed by atoms with Crippen molar-refractivity contribution < 1.29 is 13.2 Å². The van der Waals surface area contributed by atoms with Gasteiger partial charge in [0, 0.05) is 12.6 Å². The van der Waals surface area contributed by atoms with Gasteiger partial charge in [0.25, 0.3) is 0 Å². The number of sulfonamides is 1. The Morgan fingerprint density at radius 2 is 2.05 bits per heavy atom. The number of ether oxygens (including phenoxy) is 1. The van der Waals surface area contributed by atoms with E-state index in [1.807, 2.05) is 0 Å². The predicted molar refractivity (Wildman–Crippen MR) is 73.5 cm³/mol. The van der Waals surface area contributed by atoms with E-state index in [1.165, 1.54) is 7.11 Å². The van der Waals surface area contributed by atoms with Crippen LogP contribution in [0.2, 0.25) is 0 Å². The van der Waals surface area contributed by atoms with Gasteiger partial charge in [0.15, 0.2) is 0 Å². The number of nitrogens with two attached hydrogens (primary N) is 1. The van der Waals surface area contributed by atoms with Crippen LogP contribution in [0.5, 0.6) is 5.75 Å². The number of benzene rings is 1. The largest absolute Gasteiger partial charge is 0.495 e. The molecule has 1 aromatic rings. The van der Waals surface area contributed by atoms with Crippen molar-refractivity contribution in [1.29, 1.82) is 0 Å². The van der Waals surface area contributed by atoms with E-state index >= 15 is 0 Å². The Morgan fingerprint density at radius 1 is 1.37 bits per heavy atom. The van der Waals surface area contributed by atoms with Gasteiger partial charge in [-0.15, -0.1) is 0 Å². The topological polar surface area (TPSA) is 81.4 Å². The number of rotatable bonds is 5. The summed E-state index contributed by atoms with van der Waals surface area (Å²) in [7, 11) is -2.09. The van der Waals surface area contributed by atoms with Gasteiger partial charge in [-0.1, -0.05) is 18.9 Å². The van der Waals surface area contributed by atoms with E-state index in [9.17, 15) is 8.42 Å². The molecular weight excluding hydrogens is 264 g/mol. The second kappa shape index (κ2) is 5.90. The molecule has 0 spiro atoms. The smallest absolute Gasteiger partial charge is 0.244 e. The predicted octanol–water partition coefficient (Wildman–Crippen LogP) is 1.37. The van der Waals surface area contributed by atoms with Crippen LogP contribution in [0.1, 0.15) is 31.2 Å². The maximum absolute atomic E-state index is 12.4. The number of methoxy groups -OCH3 is 1. The van der Waals surface area contributed by atoms with Crippen molar-refractivity contribution in [2.75, 3.05) is 7.11 Å². The minimum absolute atomic E-state index is 0.0382. The quantitative estimate of drug-likeness (QED) is 0.855. The van der Waals surface area contributed by atoms with Crippen LogP contribution >= 0.6 is 0 Å². The summed E-state index contributed by atoms with van der Waals surface area (Å²) in [6.07, 6.45) is 3.95. The van der Waals surface area contributed by atoms with Crippen molar-refractivity contribution in [3.8, 4) is 5.75 Å². The third kappa shape index (κ3) is 3.26. The first-order valence-corrected chi connectivity index (χ1v) is 7.94. The van der Waals surface area contributed by atoms with Gasteiger partial charge < -0.3 is 10.5 Å². The van der Waals surface area contributed by atoms with Crippen LogP contribution in [0, 0.1) is 0 Å². The summed E-state index contributed by atoms with van der Waals surface area (Å²) >= 11 is 0. The molecule has 2 rings (SSSR count). The van der Waals surface area contributed by atoms with E-state index in [4.69, 9.17) is 10.5 Å². The average molecular weight is 284 g/mol. The Hall–Kier alpha value is -1.11. The van der Waals surface area contributed by atoms with E-state index in [2.05, 4.69) is 4.72 Å². The molecule has 1 aromatic carbocycles. The first-order chi connectivity index (χ1) is 9.06. The van der Waals surface area contributed by atoms with Gasteiger partial charge in [0.1, 0.15) is 10.6 Å². The second-order valence-corrected chi connectivity index (χ2v) is 6.47. The molecule has 6 heteroatoms. The van der Waals surface area contributed by atoms with Crippen LogP contribution in [-0.4, -0.2) is 21.6 Å². The molecule has 3 N–H and O–H groups in total. The number of hydrogen-bond acceptors (Lipinski definition) is 4. The Morgan fingerprint density at radius 3 is 2.63 bits per heavy atom. The molecule has 0 heterocycles. The zero-order valence-corrected chi connectivity index (χ0v) is 11.9. The Balaban J connectivity index is 2.32. The lowest BCUT2D eigenvalue weighted by Crippen LogP contribution is -2.33. The Bertz CT molecular complexity index is 537. The standard InChI is InChI=1S/C13H20N2O3S/c1-18-12-7-6-10(9-14)8-13(12)19(16,17)15-11-4-2-3-5-11/h6-8,11,15H,2-5,9,14H2,1H3. The van der Waals surface area contributed by atoms with Crippen LogP contribution in [-0.2, 0) is 16.6 Å². The van der Waals surface area contributed by atoms with Crippen molar-refractivity contribution in [3.05, 3.63) is 23.8 Å². The van der Waals surface area contributed by atoms with E-state index in [0.717, 1.165) is 31.2 Å². The molecule has 0 radical (unpaired) electrons. The van der Waals surface area contributed by atoms with Crippen molar-refractivity contribution in [3.63, 3.8) is 0 Å². The summed E-state index contributed by atoms with van der Waals surface area (Å²) in [6.45, 7) is 0.302. The van der Waals surface area contributed by atoms with Crippen molar-refractivity contribution in [2.24, 2.45) is 5.73 Å². The van der Waals surface area contributed by atoms with Gasteiger partial charge in [-0.3, -0.25) is 0 Å². The fraction of sp³-hybridized carbons (Fsp3) is 0.538. The van der Waals surface area contributed by atoms with Crippen LogP contribution in [0.3, 0.4) is 0 Å². The van der Waals surface area contributed by atoms with Crippen molar-refractivity contribution >= 4 is 10.0 Å². The molecule has 1 fully saturated rings. The molecular formula is C13H20N2O3S. The SMILES string of the molecule is COc1ccc(CN)cc1S(=O)(=O)NC1CCCC1. The van der Waals surface area contributed by atoms with Crippen LogP contribution in [0.15, 0.2) is 23.1 Å². The minimum atomic E-state index is -3.55. The lowest BCUT2D eigenvalue weighted by atomic mass is 10.2. The highest BCUT2D eigenvalue weighted by Crippen LogP contribution is 2.27. The summed E-state index contributed by atoms with van der Waals surface area (Å²) in [5.41, 5.74) is 6.33. The summed E-state index contributed by atoms with van der Waals surface area (Å²) in [6, 6.07) is 5.03.